The van der Waals surface area contributed by atoms with Gasteiger partial charge in [-0.15, -0.1) is 0 Å². The summed E-state index contributed by atoms with van der Waals surface area (Å²) >= 11 is 3.41. The van der Waals surface area contributed by atoms with Crippen LogP contribution in [-0.4, -0.2) is 19.1 Å². The fourth-order valence-corrected chi connectivity index (χ4v) is 2.66. The highest BCUT2D eigenvalue weighted by Gasteiger charge is 2.18. The van der Waals surface area contributed by atoms with Crippen molar-refractivity contribution in [2.45, 2.75) is 6.92 Å². The summed E-state index contributed by atoms with van der Waals surface area (Å²) in [6.07, 6.45) is 0. The minimum Gasteiger partial charge on any atom is -0.486 e. The first-order valence-corrected chi connectivity index (χ1v) is 7.40. The van der Waals surface area contributed by atoms with E-state index >= 15 is 0 Å². The molecule has 5 heteroatoms. The molecule has 2 aromatic rings. The molecule has 0 spiro atoms. The van der Waals surface area contributed by atoms with E-state index < -0.39 is 0 Å². The lowest BCUT2D eigenvalue weighted by Crippen LogP contribution is -2.17. The molecule has 1 amide bonds. The van der Waals surface area contributed by atoms with Crippen LogP contribution in [0.5, 0.6) is 11.5 Å². The zero-order valence-electron chi connectivity index (χ0n) is 11.5. The highest BCUT2D eigenvalue weighted by atomic mass is 79.9. The second kappa shape index (κ2) is 5.77. The number of carbonyl (C=O) groups excluding carboxylic acids is 1. The number of ether oxygens (including phenoxy) is 2. The van der Waals surface area contributed by atoms with Gasteiger partial charge in [0.2, 0.25) is 0 Å². The standard InChI is InChI=1S/C16H14BrNO3/c1-10-3-2-4-11(7-10)18-16(19)12-8-14-15(9-13(12)17)21-6-5-20-14/h2-4,7-9H,5-6H2,1H3,(H,18,19). The van der Waals surface area contributed by atoms with Crippen LogP contribution in [0.1, 0.15) is 15.9 Å². The van der Waals surface area contributed by atoms with Gasteiger partial charge in [0, 0.05) is 10.2 Å². The molecule has 0 saturated heterocycles. The first kappa shape index (κ1) is 13.9. The van der Waals surface area contributed by atoms with Crippen molar-refractivity contribution in [2.24, 2.45) is 0 Å². The van der Waals surface area contributed by atoms with E-state index in [-0.39, 0.29) is 5.91 Å². The van der Waals surface area contributed by atoms with Gasteiger partial charge in [-0.25, -0.2) is 0 Å². The van der Waals surface area contributed by atoms with Crippen LogP contribution in [-0.2, 0) is 0 Å². The van der Waals surface area contributed by atoms with Crippen LogP contribution >= 0.6 is 15.9 Å². The molecular weight excluding hydrogens is 334 g/mol. The lowest BCUT2D eigenvalue weighted by molar-refractivity contribution is 0.102. The van der Waals surface area contributed by atoms with Crippen molar-refractivity contribution in [1.82, 2.24) is 0 Å². The first-order chi connectivity index (χ1) is 10.1. The SMILES string of the molecule is Cc1cccc(NC(=O)c2cc3c(cc2Br)OCCO3)c1. The highest BCUT2D eigenvalue weighted by molar-refractivity contribution is 9.10. The van der Waals surface area contributed by atoms with Crippen LogP contribution in [0, 0.1) is 6.92 Å². The molecule has 1 N–H and O–H groups in total. The number of amides is 1. The quantitative estimate of drug-likeness (QED) is 0.899. The molecule has 2 aromatic carbocycles. The lowest BCUT2D eigenvalue weighted by atomic mass is 10.1. The van der Waals surface area contributed by atoms with Crippen LogP contribution in [0.3, 0.4) is 0 Å². The summed E-state index contributed by atoms with van der Waals surface area (Å²) in [5, 5.41) is 2.88. The molecule has 0 aromatic heterocycles. The molecule has 3 rings (SSSR count). The second-order valence-electron chi connectivity index (χ2n) is 4.80. The zero-order chi connectivity index (χ0) is 14.8. The smallest absolute Gasteiger partial charge is 0.256 e. The van der Waals surface area contributed by atoms with Crippen molar-refractivity contribution >= 4 is 27.5 Å². The topological polar surface area (TPSA) is 47.6 Å². The Labute approximate surface area is 131 Å². The Kier molecular flexibility index (Phi) is 3.84. The third-order valence-corrected chi connectivity index (χ3v) is 3.81. The van der Waals surface area contributed by atoms with Gasteiger partial charge in [0.05, 0.1) is 5.56 Å². The summed E-state index contributed by atoms with van der Waals surface area (Å²) in [7, 11) is 0. The second-order valence-corrected chi connectivity index (χ2v) is 5.65. The Bertz CT molecular complexity index is 700. The molecule has 0 fully saturated rings. The summed E-state index contributed by atoms with van der Waals surface area (Å²) in [5.41, 5.74) is 2.37. The number of carbonyl (C=O) groups is 1. The van der Waals surface area contributed by atoms with E-state index in [2.05, 4.69) is 21.2 Å². The molecular formula is C16H14BrNO3. The minimum absolute atomic E-state index is 0.190. The van der Waals surface area contributed by atoms with Gasteiger partial charge in [-0.2, -0.15) is 0 Å². The number of hydrogen-bond acceptors (Lipinski definition) is 3. The number of anilines is 1. The minimum atomic E-state index is -0.190. The predicted octanol–water partition coefficient (Wildman–Crippen LogP) is 3.78. The average molecular weight is 348 g/mol. The van der Waals surface area contributed by atoms with Gasteiger partial charge in [-0.1, -0.05) is 12.1 Å². The number of nitrogens with one attached hydrogen (secondary N) is 1. The predicted molar refractivity (Wildman–Crippen MR) is 84.3 cm³/mol. The first-order valence-electron chi connectivity index (χ1n) is 6.60. The van der Waals surface area contributed by atoms with Crippen LogP contribution in [0.4, 0.5) is 5.69 Å². The van der Waals surface area contributed by atoms with Crippen molar-refractivity contribution in [3.8, 4) is 11.5 Å². The van der Waals surface area contributed by atoms with Crippen molar-refractivity contribution in [3.05, 3.63) is 52.0 Å². The largest absolute Gasteiger partial charge is 0.486 e. The number of benzene rings is 2. The maximum atomic E-state index is 12.4. The maximum absolute atomic E-state index is 12.4. The van der Waals surface area contributed by atoms with Crippen LogP contribution in [0.25, 0.3) is 0 Å². The summed E-state index contributed by atoms with van der Waals surface area (Å²) in [6.45, 7) is 3.00. The van der Waals surface area contributed by atoms with E-state index in [4.69, 9.17) is 9.47 Å². The number of halogens is 1. The van der Waals surface area contributed by atoms with Crippen molar-refractivity contribution < 1.29 is 14.3 Å². The lowest BCUT2D eigenvalue weighted by Gasteiger charge is -2.19. The molecule has 4 nitrogen and oxygen atoms in total. The van der Waals surface area contributed by atoms with E-state index in [1.54, 1.807) is 12.1 Å². The van der Waals surface area contributed by atoms with Gasteiger partial charge in [0.15, 0.2) is 11.5 Å². The molecule has 1 heterocycles. The van der Waals surface area contributed by atoms with Crippen molar-refractivity contribution in [3.63, 3.8) is 0 Å². The van der Waals surface area contributed by atoms with E-state index in [1.807, 2.05) is 31.2 Å². The Morgan fingerprint density at radius 1 is 1.14 bits per heavy atom. The third-order valence-electron chi connectivity index (χ3n) is 3.15. The summed E-state index contributed by atoms with van der Waals surface area (Å²) in [4.78, 5) is 12.4. The van der Waals surface area contributed by atoms with Gasteiger partial charge in [0.1, 0.15) is 13.2 Å². The average Bonchev–Trinajstić information content (AvgIpc) is 2.46. The Balaban J connectivity index is 1.87. The number of fused-ring (bicyclic) bond motifs is 1. The Hall–Kier alpha value is -2.01. The third kappa shape index (κ3) is 3.03. The van der Waals surface area contributed by atoms with E-state index in [0.717, 1.165) is 11.3 Å². The molecule has 0 bridgehead atoms. The zero-order valence-corrected chi connectivity index (χ0v) is 13.1. The Morgan fingerprint density at radius 3 is 2.57 bits per heavy atom. The van der Waals surface area contributed by atoms with Gasteiger partial charge >= 0.3 is 0 Å². The van der Waals surface area contributed by atoms with Crippen LogP contribution in [0.15, 0.2) is 40.9 Å². The molecule has 1 aliphatic rings. The molecule has 0 radical (unpaired) electrons. The molecule has 1 aliphatic heterocycles. The van der Waals surface area contributed by atoms with E-state index in [9.17, 15) is 4.79 Å². The highest BCUT2D eigenvalue weighted by Crippen LogP contribution is 2.35. The van der Waals surface area contributed by atoms with Gasteiger partial charge in [0.25, 0.3) is 5.91 Å². The van der Waals surface area contributed by atoms with Crippen molar-refractivity contribution in [1.29, 1.82) is 0 Å². The van der Waals surface area contributed by atoms with Crippen LogP contribution in [0.2, 0.25) is 0 Å². The van der Waals surface area contributed by atoms with E-state index in [1.165, 1.54) is 0 Å². The summed E-state index contributed by atoms with van der Waals surface area (Å²) < 4.78 is 11.7. The normalized spacial score (nSPS) is 12.9. The molecule has 108 valence electrons. The molecule has 21 heavy (non-hydrogen) atoms. The van der Waals surface area contributed by atoms with E-state index in [0.29, 0.717) is 34.7 Å². The fraction of sp³-hybridized carbons (Fsp3) is 0.188. The molecule has 0 atom stereocenters. The van der Waals surface area contributed by atoms with Crippen molar-refractivity contribution in [2.75, 3.05) is 18.5 Å². The summed E-state index contributed by atoms with van der Waals surface area (Å²) in [6, 6.07) is 11.1. The monoisotopic (exact) mass is 347 g/mol. The van der Waals surface area contributed by atoms with Gasteiger partial charge in [-0.05, 0) is 52.7 Å². The molecule has 0 saturated carbocycles. The number of rotatable bonds is 2. The van der Waals surface area contributed by atoms with Gasteiger partial charge < -0.3 is 14.8 Å². The molecule has 0 aliphatic carbocycles. The summed E-state index contributed by atoms with van der Waals surface area (Å²) in [5.74, 6) is 1.06. The van der Waals surface area contributed by atoms with Gasteiger partial charge in [-0.3, -0.25) is 4.79 Å². The number of aryl methyl sites for hydroxylation is 1. The fourth-order valence-electron chi connectivity index (χ4n) is 2.16. The Morgan fingerprint density at radius 2 is 1.86 bits per heavy atom. The maximum Gasteiger partial charge on any atom is 0.256 e. The number of hydrogen-bond donors (Lipinski definition) is 1. The van der Waals surface area contributed by atoms with Crippen LogP contribution < -0.4 is 14.8 Å². The molecule has 0 unspecified atom stereocenters.